The van der Waals surface area contributed by atoms with Crippen molar-refractivity contribution >= 4 is 21.8 Å². The maximum atomic E-state index is 12.1. The molecule has 1 fully saturated rings. The van der Waals surface area contributed by atoms with Crippen LogP contribution in [0.5, 0.6) is 0 Å². The van der Waals surface area contributed by atoms with Crippen LogP contribution < -0.4 is 0 Å². The van der Waals surface area contributed by atoms with Crippen molar-refractivity contribution in [2.45, 2.75) is 31.7 Å². The number of halogens is 1. The molecule has 0 aromatic heterocycles. The number of benzene rings is 1. The molecular formula is C14H18BrNO. The quantitative estimate of drug-likeness (QED) is 0.782. The van der Waals surface area contributed by atoms with Crippen molar-refractivity contribution in [1.29, 1.82) is 0 Å². The van der Waals surface area contributed by atoms with Crippen molar-refractivity contribution in [2.75, 3.05) is 11.9 Å². The van der Waals surface area contributed by atoms with E-state index < -0.39 is 0 Å². The standard InChI is InChI=1S/C14H18BrNO/c15-11-13-7-4-10-16(13)14(17)9-8-12-5-2-1-3-6-12/h1-3,5-6,13H,4,7-11H2. The highest BCUT2D eigenvalue weighted by Gasteiger charge is 2.27. The Balaban J connectivity index is 1.85. The third-order valence-electron chi connectivity index (χ3n) is 3.35. The molecule has 3 heteroatoms. The van der Waals surface area contributed by atoms with E-state index in [9.17, 15) is 4.79 Å². The summed E-state index contributed by atoms with van der Waals surface area (Å²) in [5, 5.41) is 0.907. The summed E-state index contributed by atoms with van der Waals surface area (Å²) < 4.78 is 0. The first-order valence-electron chi connectivity index (χ1n) is 6.20. The number of amides is 1. The number of nitrogens with zero attached hydrogens (tertiary/aromatic N) is 1. The minimum atomic E-state index is 0.302. The number of rotatable bonds is 4. The number of hydrogen-bond donors (Lipinski definition) is 0. The lowest BCUT2D eigenvalue weighted by Gasteiger charge is -2.23. The molecule has 1 saturated heterocycles. The minimum absolute atomic E-state index is 0.302. The molecule has 92 valence electrons. The lowest BCUT2D eigenvalue weighted by molar-refractivity contribution is -0.131. The van der Waals surface area contributed by atoms with Crippen molar-refractivity contribution in [3.8, 4) is 0 Å². The number of likely N-dealkylation sites (tertiary alicyclic amines) is 1. The van der Waals surface area contributed by atoms with Gasteiger partial charge in [0, 0.05) is 24.3 Å². The Labute approximate surface area is 111 Å². The highest BCUT2D eigenvalue weighted by Crippen LogP contribution is 2.20. The number of aryl methyl sites for hydroxylation is 1. The first kappa shape index (κ1) is 12.6. The van der Waals surface area contributed by atoms with Crippen LogP contribution in [0.4, 0.5) is 0 Å². The monoisotopic (exact) mass is 295 g/mol. The second kappa shape index (κ2) is 6.20. The van der Waals surface area contributed by atoms with Crippen molar-refractivity contribution < 1.29 is 4.79 Å². The van der Waals surface area contributed by atoms with Gasteiger partial charge in [-0.25, -0.2) is 0 Å². The molecule has 0 bridgehead atoms. The van der Waals surface area contributed by atoms with Gasteiger partial charge in [-0.3, -0.25) is 4.79 Å². The summed E-state index contributed by atoms with van der Waals surface area (Å²) in [6.07, 6.45) is 3.77. The van der Waals surface area contributed by atoms with E-state index in [4.69, 9.17) is 0 Å². The Kier molecular flexibility index (Phi) is 4.60. The van der Waals surface area contributed by atoms with Crippen LogP contribution in [0.1, 0.15) is 24.8 Å². The molecule has 0 radical (unpaired) electrons. The van der Waals surface area contributed by atoms with Gasteiger partial charge in [-0.1, -0.05) is 46.3 Å². The summed E-state index contributed by atoms with van der Waals surface area (Å²) in [4.78, 5) is 14.1. The van der Waals surface area contributed by atoms with Gasteiger partial charge in [0.1, 0.15) is 0 Å². The summed E-state index contributed by atoms with van der Waals surface area (Å²) in [7, 11) is 0. The molecule has 1 aromatic carbocycles. The van der Waals surface area contributed by atoms with E-state index in [1.54, 1.807) is 0 Å². The van der Waals surface area contributed by atoms with Crippen molar-refractivity contribution in [3.05, 3.63) is 35.9 Å². The van der Waals surface area contributed by atoms with Crippen molar-refractivity contribution in [3.63, 3.8) is 0 Å². The normalized spacial score (nSPS) is 19.6. The van der Waals surface area contributed by atoms with E-state index in [2.05, 4.69) is 28.1 Å². The number of carbonyl (C=O) groups is 1. The zero-order chi connectivity index (χ0) is 12.1. The smallest absolute Gasteiger partial charge is 0.223 e. The number of carbonyl (C=O) groups excluding carboxylic acids is 1. The topological polar surface area (TPSA) is 20.3 Å². The summed E-state index contributed by atoms with van der Waals surface area (Å²) >= 11 is 3.49. The fraction of sp³-hybridized carbons (Fsp3) is 0.500. The Hall–Kier alpha value is -0.830. The molecule has 17 heavy (non-hydrogen) atoms. The molecule has 2 rings (SSSR count). The van der Waals surface area contributed by atoms with Gasteiger partial charge < -0.3 is 4.90 Å². The van der Waals surface area contributed by atoms with E-state index in [1.807, 2.05) is 23.1 Å². The second-order valence-corrected chi connectivity index (χ2v) is 5.17. The molecule has 0 saturated carbocycles. The number of hydrogen-bond acceptors (Lipinski definition) is 1. The van der Waals surface area contributed by atoms with E-state index >= 15 is 0 Å². The van der Waals surface area contributed by atoms with E-state index in [1.165, 1.54) is 5.56 Å². The summed E-state index contributed by atoms with van der Waals surface area (Å²) in [6.45, 7) is 0.934. The van der Waals surface area contributed by atoms with Gasteiger partial charge in [0.15, 0.2) is 0 Å². The first-order chi connectivity index (χ1) is 8.31. The van der Waals surface area contributed by atoms with Crippen LogP contribution in [0.2, 0.25) is 0 Å². The molecule has 1 heterocycles. The van der Waals surface area contributed by atoms with Crippen molar-refractivity contribution in [1.82, 2.24) is 4.90 Å². The predicted molar refractivity (Wildman–Crippen MR) is 73.3 cm³/mol. The molecule has 0 spiro atoms. The second-order valence-electron chi connectivity index (χ2n) is 4.52. The fourth-order valence-corrected chi connectivity index (χ4v) is 3.04. The highest BCUT2D eigenvalue weighted by atomic mass is 79.9. The molecule has 0 N–H and O–H groups in total. The van der Waals surface area contributed by atoms with Crippen LogP contribution in [-0.4, -0.2) is 28.7 Å². The Morgan fingerprint density at radius 1 is 1.35 bits per heavy atom. The lowest BCUT2D eigenvalue weighted by Crippen LogP contribution is -2.36. The van der Waals surface area contributed by atoms with E-state index in [0.717, 1.165) is 31.1 Å². The fourth-order valence-electron chi connectivity index (χ4n) is 2.36. The minimum Gasteiger partial charge on any atom is -0.339 e. The average molecular weight is 296 g/mol. The molecule has 1 aromatic rings. The van der Waals surface area contributed by atoms with Crippen LogP contribution in [-0.2, 0) is 11.2 Å². The van der Waals surface area contributed by atoms with Gasteiger partial charge in [-0.05, 0) is 24.8 Å². The van der Waals surface area contributed by atoms with Crippen LogP contribution in [0, 0.1) is 0 Å². The van der Waals surface area contributed by atoms with Crippen LogP contribution in [0.3, 0.4) is 0 Å². The Morgan fingerprint density at radius 3 is 2.82 bits per heavy atom. The summed E-state index contributed by atoms with van der Waals surface area (Å²) in [5.74, 6) is 0.302. The zero-order valence-electron chi connectivity index (χ0n) is 9.94. The van der Waals surface area contributed by atoms with Crippen LogP contribution >= 0.6 is 15.9 Å². The Bertz CT molecular complexity index is 366. The molecule has 1 unspecified atom stereocenters. The van der Waals surface area contributed by atoms with Gasteiger partial charge in [-0.2, -0.15) is 0 Å². The number of alkyl halides is 1. The predicted octanol–water partition coefficient (Wildman–Crippen LogP) is 3.01. The maximum Gasteiger partial charge on any atom is 0.223 e. The molecule has 1 aliphatic rings. The first-order valence-corrected chi connectivity index (χ1v) is 7.33. The third kappa shape index (κ3) is 3.32. The van der Waals surface area contributed by atoms with Gasteiger partial charge in [0.05, 0.1) is 0 Å². The van der Waals surface area contributed by atoms with Gasteiger partial charge in [0.2, 0.25) is 5.91 Å². The molecule has 2 nitrogen and oxygen atoms in total. The highest BCUT2D eigenvalue weighted by molar-refractivity contribution is 9.09. The summed E-state index contributed by atoms with van der Waals surface area (Å²) in [5.41, 5.74) is 1.25. The lowest BCUT2D eigenvalue weighted by atomic mass is 10.1. The largest absolute Gasteiger partial charge is 0.339 e. The maximum absolute atomic E-state index is 12.1. The van der Waals surface area contributed by atoms with E-state index in [-0.39, 0.29) is 0 Å². The van der Waals surface area contributed by atoms with Crippen molar-refractivity contribution in [2.24, 2.45) is 0 Å². The molecule has 1 amide bonds. The zero-order valence-corrected chi connectivity index (χ0v) is 11.5. The summed E-state index contributed by atoms with van der Waals surface area (Å²) in [6, 6.07) is 10.6. The van der Waals surface area contributed by atoms with Gasteiger partial charge in [0.25, 0.3) is 0 Å². The van der Waals surface area contributed by atoms with Crippen LogP contribution in [0.25, 0.3) is 0 Å². The van der Waals surface area contributed by atoms with E-state index in [0.29, 0.717) is 18.4 Å². The van der Waals surface area contributed by atoms with Gasteiger partial charge in [-0.15, -0.1) is 0 Å². The molecule has 1 atom stereocenters. The molecule has 1 aliphatic heterocycles. The Morgan fingerprint density at radius 2 is 2.12 bits per heavy atom. The average Bonchev–Trinajstić information content (AvgIpc) is 2.85. The molecular weight excluding hydrogens is 278 g/mol. The third-order valence-corrected chi connectivity index (χ3v) is 4.09. The SMILES string of the molecule is O=C(CCc1ccccc1)N1CCCC1CBr. The van der Waals surface area contributed by atoms with Crippen LogP contribution in [0.15, 0.2) is 30.3 Å². The molecule has 0 aliphatic carbocycles. The van der Waals surface area contributed by atoms with Gasteiger partial charge >= 0.3 is 0 Å².